The Bertz CT molecular complexity index is 459. The van der Waals surface area contributed by atoms with E-state index in [0.29, 0.717) is 19.5 Å². The van der Waals surface area contributed by atoms with Gasteiger partial charge in [-0.05, 0) is 12.8 Å². The van der Waals surface area contributed by atoms with Crippen LogP contribution in [0, 0.1) is 0 Å². The van der Waals surface area contributed by atoms with Crippen molar-refractivity contribution in [2.45, 2.75) is 135 Å². The van der Waals surface area contributed by atoms with Gasteiger partial charge in [0.1, 0.15) is 5.72 Å². The number of aliphatic imine (C=N–C) groups is 1. The molecule has 1 unspecified atom stereocenters. The van der Waals surface area contributed by atoms with E-state index >= 15 is 0 Å². The molecule has 0 spiro atoms. The molecule has 1 heterocycles. The highest BCUT2D eigenvalue weighted by atomic mass is 16.4. The van der Waals surface area contributed by atoms with Crippen LogP contribution in [-0.4, -0.2) is 51.7 Å². The van der Waals surface area contributed by atoms with Gasteiger partial charge in [0.15, 0.2) is 0 Å². The predicted molar refractivity (Wildman–Crippen MR) is 130 cm³/mol. The fourth-order valence-electron chi connectivity index (χ4n) is 4.37. The maximum Gasteiger partial charge on any atom is 0.303 e. The number of carbonyl (C=O) groups is 1. The van der Waals surface area contributed by atoms with Gasteiger partial charge < -0.3 is 20.6 Å². The summed E-state index contributed by atoms with van der Waals surface area (Å²) in [5.74, 6) is -0.850. The van der Waals surface area contributed by atoms with E-state index in [4.69, 9.17) is 5.11 Å². The smallest absolute Gasteiger partial charge is 0.303 e. The fourth-order valence-corrected chi connectivity index (χ4v) is 4.37. The molecule has 1 aliphatic rings. The van der Waals surface area contributed by atoms with Gasteiger partial charge in [-0.3, -0.25) is 9.79 Å². The normalized spacial score (nSPS) is 15.1. The largest absolute Gasteiger partial charge is 0.481 e. The highest BCUT2D eigenvalue weighted by Crippen LogP contribution is 2.26. The molecule has 0 saturated heterocycles. The first kappa shape index (κ1) is 29.9. The summed E-state index contributed by atoms with van der Waals surface area (Å²) in [6.45, 7) is 3.65. The van der Waals surface area contributed by atoms with Crippen molar-refractivity contribution in [3.8, 4) is 0 Å². The van der Waals surface area contributed by atoms with Gasteiger partial charge in [-0.25, -0.2) is 0 Å². The Labute approximate surface area is 190 Å². The van der Waals surface area contributed by atoms with Crippen molar-refractivity contribution in [3.63, 3.8) is 0 Å². The Morgan fingerprint density at radius 1 is 0.839 bits per heavy atom. The van der Waals surface area contributed by atoms with Crippen LogP contribution < -0.4 is 0 Å². The van der Waals surface area contributed by atoms with Crippen molar-refractivity contribution in [1.82, 2.24) is 4.90 Å². The summed E-state index contributed by atoms with van der Waals surface area (Å²) in [5.41, 5.74) is -1.05. The molecule has 6 nitrogen and oxygen atoms in total. The lowest BCUT2D eigenvalue weighted by Gasteiger charge is -2.36. The average Bonchev–Trinajstić information content (AvgIpc) is 3.28. The minimum atomic E-state index is -1.05. The quantitative estimate of drug-likeness (QED) is 0.222. The van der Waals surface area contributed by atoms with E-state index in [1.54, 1.807) is 6.34 Å². The second-order valence-electron chi connectivity index (χ2n) is 9.14. The zero-order valence-corrected chi connectivity index (χ0v) is 20.1. The van der Waals surface area contributed by atoms with Gasteiger partial charge in [-0.2, -0.15) is 0 Å². The third-order valence-corrected chi connectivity index (χ3v) is 6.40. The molecule has 4 N–H and O–H groups in total. The highest BCUT2D eigenvalue weighted by Gasteiger charge is 2.33. The van der Waals surface area contributed by atoms with Crippen molar-refractivity contribution in [2.24, 2.45) is 4.99 Å². The van der Waals surface area contributed by atoms with Gasteiger partial charge in [0.05, 0.1) is 12.9 Å². The number of carboxylic acid groups (broad SMARTS) is 1. The molecule has 0 aromatic heterocycles. The van der Waals surface area contributed by atoms with Gasteiger partial charge in [-0.15, -0.1) is 0 Å². The van der Waals surface area contributed by atoms with E-state index in [1.807, 2.05) is 4.90 Å². The Morgan fingerprint density at radius 3 is 1.68 bits per heavy atom. The molecule has 0 aliphatic carbocycles. The van der Waals surface area contributed by atoms with Crippen molar-refractivity contribution < 1.29 is 20.5 Å². The van der Waals surface area contributed by atoms with Crippen LogP contribution in [0.15, 0.2) is 4.99 Å². The van der Waals surface area contributed by atoms with Crippen molar-refractivity contribution in [2.75, 3.05) is 13.1 Å². The van der Waals surface area contributed by atoms with Gasteiger partial charge in [0.2, 0.25) is 0 Å². The molecular weight excluding hydrogens is 392 g/mol. The topological polar surface area (TPSA) is 105 Å². The molecule has 1 atom stereocenters. The number of hydrogen-bond donors (Lipinski definition) is 2. The van der Waals surface area contributed by atoms with Crippen molar-refractivity contribution in [3.05, 3.63) is 0 Å². The van der Waals surface area contributed by atoms with Crippen LogP contribution >= 0.6 is 0 Å². The number of nitrogens with zero attached hydrogens (tertiary/aromatic N) is 2. The molecule has 0 amide bonds. The molecule has 0 fully saturated rings. The van der Waals surface area contributed by atoms with E-state index in [1.165, 1.54) is 89.9 Å². The Kier molecular flexibility index (Phi) is 18.8. The molecule has 6 heteroatoms. The van der Waals surface area contributed by atoms with Gasteiger partial charge >= 0.3 is 5.97 Å². The van der Waals surface area contributed by atoms with E-state index in [-0.39, 0.29) is 18.3 Å². The Hall–Kier alpha value is -1.14. The molecular formula is C25H50N2O4. The van der Waals surface area contributed by atoms with Gasteiger partial charge in [-0.1, -0.05) is 103 Å². The van der Waals surface area contributed by atoms with E-state index in [2.05, 4.69) is 11.9 Å². The van der Waals surface area contributed by atoms with Gasteiger partial charge in [0.25, 0.3) is 0 Å². The summed E-state index contributed by atoms with van der Waals surface area (Å²) in [5, 5.41) is 19.9. The predicted octanol–water partition coefficient (Wildman–Crippen LogP) is 5.71. The standard InChI is InChI=1S/C25H48N2O3.H2O/c1-2-3-4-5-6-7-8-9-10-11-12-13-14-15-16-17-19-25(30,20-18-24(28)29)27-22-21-26-23-27;/h23,30H,2-22H2,1H3,(H,28,29);1H2. The second-order valence-corrected chi connectivity index (χ2v) is 9.14. The molecule has 0 bridgehead atoms. The minimum Gasteiger partial charge on any atom is -0.481 e. The number of unbranched alkanes of at least 4 members (excludes halogenated alkanes) is 15. The minimum absolute atomic E-state index is 0. The first-order chi connectivity index (χ1) is 14.6. The lowest BCUT2D eigenvalue weighted by molar-refractivity contribution is -0.141. The second kappa shape index (κ2) is 19.5. The molecule has 184 valence electrons. The molecule has 1 rings (SSSR count). The number of carboxylic acids is 1. The summed E-state index contributed by atoms with van der Waals surface area (Å²) >= 11 is 0. The molecule has 0 aromatic carbocycles. The van der Waals surface area contributed by atoms with Crippen LogP contribution in [0.25, 0.3) is 0 Å². The SMILES string of the molecule is CCCCCCCCCCCCCCCCCCC(O)(CCC(=O)O)N1C=NCC1.O. The van der Waals surface area contributed by atoms with Crippen LogP contribution in [0.1, 0.15) is 129 Å². The third kappa shape index (κ3) is 15.3. The van der Waals surface area contributed by atoms with E-state index in [9.17, 15) is 9.90 Å². The van der Waals surface area contributed by atoms with Crippen molar-refractivity contribution >= 4 is 12.3 Å². The molecule has 31 heavy (non-hydrogen) atoms. The summed E-state index contributed by atoms with van der Waals surface area (Å²) < 4.78 is 0. The zero-order chi connectivity index (χ0) is 21.9. The van der Waals surface area contributed by atoms with E-state index in [0.717, 1.165) is 12.8 Å². The summed E-state index contributed by atoms with van der Waals surface area (Å²) in [4.78, 5) is 16.9. The Morgan fingerprint density at radius 2 is 1.29 bits per heavy atom. The monoisotopic (exact) mass is 442 g/mol. The zero-order valence-electron chi connectivity index (χ0n) is 20.1. The summed E-state index contributed by atoms with van der Waals surface area (Å²) in [7, 11) is 0. The van der Waals surface area contributed by atoms with Crippen LogP contribution in [0.2, 0.25) is 0 Å². The number of rotatable bonds is 21. The van der Waals surface area contributed by atoms with Crippen LogP contribution in [0.5, 0.6) is 0 Å². The highest BCUT2D eigenvalue weighted by molar-refractivity contribution is 5.67. The molecule has 0 aromatic rings. The fraction of sp³-hybridized carbons (Fsp3) is 0.920. The number of aliphatic hydroxyl groups is 1. The number of aliphatic carboxylic acids is 1. The van der Waals surface area contributed by atoms with Crippen LogP contribution in [-0.2, 0) is 4.79 Å². The molecule has 0 radical (unpaired) electrons. The van der Waals surface area contributed by atoms with E-state index < -0.39 is 11.7 Å². The van der Waals surface area contributed by atoms with Crippen molar-refractivity contribution in [1.29, 1.82) is 0 Å². The third-order valence-electron chi connectivity index (χ3n) is 6.40. The molecule has 1 aliphatic heterocycles. The van der Waals surface area contributed by atoms with Crippen LogP contribution in [0.3, 0.4) is 0 Å². The maximum atomic E-state index is 10.9. The summed E-state index contributed by atoms with van der Waals surface area (Å²) in [6, 6.07) is 0. The first-order valence-electron chi connectivity index (χ1n) is 12.8. The maximum absolute atomic E-state index is 10.9. The summed E-state index contributed by atoms with van der Waals surface area (Å²) in [6.07, 6.45) is 23.8. The van der Waals surface area contributed by atoms with Crippen LogP contribution in [0.4, 0.5) is 0 Å². The Balaban J connectivity index is 0.00000900. The average molecular weight is 443 g/mol. The lowest BCUT2D eigenvalue weighted by atomic mass is 9.97. The lowest BCUT2D eigenvalue weighted by Crippen LogP contribution is -2.47. The first-order valence-corrected chi connectivity index (χ1v) is 12.8. The molecule has 0 saturated carbocycles. The van der Waals surface area contributed by atoms with Gasteiger partial charge in [0, 0.05) is 19.4 Å². The number of hydrogen-bond acceptors (Lipinski definition) is 4.